The van der Waals surface area contributed by atoms with Crippen molar-refractivity contribution in [2.24, 2.45) is 0 Å². The molecule has 10 heavy (non-hydrogen) atoms. The number of furan rings is 1. The van der Waals surface area contributed by atoms with E-state index in [9.17, 15) is 4.79 Å². The minimum absolute atomic E-state index is 0.132. The van der Waals surface area contributed by atoms with E-state index in [2.05, 4.69) is 10.3 Å². The second-order valence-corrected chi connectivity index (χ2v) is 1.65. The molecule has 0 spiro atoms. The van der Waals surface area contributed by atoms with Crippen molar-refractivity contribution >= 4 is 5.97 Å². The van der Waals surface area contributed by atoms with E-state index >= 15 is 0 Å². The molecule has 0 saturated heterocycles. The van der Waals surface area contributed by atoms with E-state index in [0.717, 1.165) is 0 Å². The molecule has 0 fully saturated rings. The van der Waals surface area contributed by atoms with E-state index in [4.69, 9.17) is 11.5 Å². The van der Waals surface area contributed by atoms with Crippen molar-refractivity contribution in [2.45, 2.75) is 0 Å². The summed E-state index contributed by atoms with van der Waals surface area (Å²) in [6.07, 6.45) is 6.19. The fraction of sp³-hybridized carbons (Fsp3) is 0. The van der Waals surface area contributed by atoms with E-state index < -0.39 is 5.97 Å². The molecule has 1 aromatic heterocycles. The Morgan fingerprint density at radius 2 is 2.50 bits per heavy atom. The van der Waals surface area contributed by atoms with E-state index in [-0.39, 0.29) is 5.76 Å². The molecular weight excluding hydrogens is 132 g/mol. The van der Waals surface area contributed by atoms with Gasteiger partial charge in [-0.3, -0.25) is 0 Å². The molecule has 0 atom stereocenters. The van der Waals surface area contributed by atoms with Crippen LogP contribution in [0.15, 0.2) is 16.7 Å². The van der Waals surface area contributed by atoms with Crippen molar-refractivity contribution in [3.05, 3.63) is 23.7 Å². The van der Waals surface area contributed by atoms with Crippen molar-refractivity contribution in [2.75, 3.05) is 0 Å². The number of carbonyl (C=O) groups is 1. The minimum atomic E-state index is -1.11. The maximum Gasteiger partial charge on any atom is 0.371 e. The van der Waals surface area contributed by atoms with Gasteiger partial charge in [0.2, 0.25) is 5.76 Å². The van der Waals surface area contributed by atoms with Crippen molar-refractivity contribution < 1.29 is 14.3 Å². The predicted molar refractivity (Wildman–Crippen MR) is 33.6 cm³/mol. The molecular formula is C7H4O3. The van der Waals surface area contributed by atoms with Crippen molar-refractivity contribution in [3.63, 3.8) is 0 Å². The van der Waals surface area contributed by atoms with Gasteiger partial charge in [0.25, 0.3) is 0 Å². The smallest absolute Gasteiger partial charge is 0.371 e. The number of hydrogen-bond donors (Lipinski definition) is 1. The Bertz CT molecular complexity index is 290. The highest BCUT2D eigenvalue weighted by Gasteiger charge is 2.06. The fourth-order valence-electron chi connectivity index (χ4n) is 0.524. The molecule has 1 rings (SSSR count). The molecule has 0 aliphatic carbocycles. The maximum absolute atomic E-state index is 10.2. The zero-order valence-corrected chi connectivity index (χ0v) is 5.00. The summed E-state index contributed by atoms with van der Waals surface area (Å²) in [5.74, 6) is 1.00. The van der Waals surface area contributed by atoms with Crippen LogP contribution in [0.25, 0.3) is 0 Å². The molecule has 0 unspecified atom stereocenters. The first-order valence-corrected chi connectivity index (χ1v) is 2.52. The Hall–Kier alpha value is -1.69. The second-order valence-electron chi connectivity index (χ2n) is 1.65. The first-order chi connectivity index (χ1) is 4.74. The molecule has 0 amide bonds. The van der Waals surface area contributed by atoms with Crippen LogP contribution in [0, 0.1) is 12.3 Å². The maximum atomic E-state index is 10.2. The molecule has 0 saturated carbocycles. The molecule has 50 valence electrons. The third-order valence-electron chi connectivity index (χ3n) is 0.977. The van der Waals surface area contributed by atoms with Gasteiger partial charge in [0.15, 0.2) is 0 Å². The Morgan fingerprint density at radius 3 is 2.80 bits per heavy atom. The van der Waals surface area contributed by atoms with Gasteiger partial charge in [-0.05, 0) is 0 Å². The summed E-state index contributed by atoms with van der Waals surface area (Å²) in [6, 6.07) is 1.29. The third kappa shape index (κ3) is 1.00. The molecule has 1 aromatic rings. The zero-order valence-electron chi connectivity index (χ0n) is 5.00. The van der Waals surface area contributed by atoms with Crippen molar-refractivity contribution in [3.8, 4) is 12.3 Å². The molecule has 0 radical (unpaired) electrons. The molecule has 3 heteroatoms. The number of carboxylic acid groups (broad SMARTS) is 1. The Labute approximate surface area is 57.3 Å². The Kier molecular flexibility index (Phi) is 1.46. The molecule has 3 nitrogen and oxygen atoms in total. The molecule has 0 aliphatic heterocycles. The van der Waals surface area contributed by atoms with Crippen LogP contribution in [0.5, 0.6) is 0 Å². The molecule has 0 aromatic carbocycles. The lowest BCUT2D eigenvalue weighted by molar-refractivity contribution is 0.0662. The van der Waals surface area contributed by atoms with Crippen LogP contribution in [0.4, 0.5) is 0 Å². The zero-order chi connectivity index (χ0) is 7.56. The van der Waals surface area contributed by atoms with Gasteiger partial charge in [-0.15, -0.1) is 6.42 Å². The first kappa shape index (κ1) is 6.43. The highest BCUT2D eigenvalue weighted by Crippen LogP contribution is 2.05. The summed E-state index contributed by atoms with van der Waals surface area (Å²) >= 11 is 0. The Balaban J connectivity index is 3.02. The van der Waals surface area contributed by atoms with Crippen molar-refractivity contribution in [1.82, 2.24) is 0 Å². The lowest BCUT2D eigenvalue weighted by atomic mass is 10.3. The molecule has 0 bridgehead atoms. The Morgan fingerprint density at radius 1 is 1.80 bits per heavy atom. The lowest BCUT2D eigenvalue weighted by Crippen LogP contribution is -1.91. The number of carboxylic acids is 1. The van der Waals surface area contributed by atoms with Crippen LogP contribution in [0.2, 0.25) is 0 Å². The first-order valence-electron chi connectivity index (χ1n) is 2.52. The topological polar surface area (TPSA) is 50.4 Å². The summed E-state index contributed by atoms with van der Waals surface area (Å²) in [5.41, 5.74) is 0.442. The van der Waals surface area contributed by atoms with Gasteiger partial charge in [0.05, 0.1) is 5.56 Å². The van der Waals surface area contributed by atoms with E-state index in [1.54, 1.807) is 0 Å². The van der Waals surface area contributed by atoms with E-state index in [0.29, 0.717) is 5.56 Å². The summed E-state index contributed by atoms with van der Waals surface area (Å²) in [5, 5.41) is 8.33. The van der Waals surface area contributed by atoms with Gasteiger partial charge in [-0.1, -0.05) is 5.92 Å². The summed E-state index contributed by atoms with van der Waals surface area (Å²) < 4.78 is 4.57. The van der Waals surface area contributed by atoms with Gasteiger partial charge in [-0.2, -0.15) is 0 Å². The van der Waals surface area contributed by atoms with E-state index in [1.165, 1.54) is 12.3 Å². The average molecular weight is 136 g/mol. The van der Waals surface area contributed by atoms with Crippen LogP contribution < -0.4 is 0 Å². The number of terminal acetylenes is 1. The monoisotopic (exact) mass is 136 g/mol. The standard InChI is InChI=1S/C7H4O3/c1-2-5-3-6(7(8)9)10-4-5/h1,3-4H,(H,8,9). The quantitative estimate of drug-likeness (QED) is 0.585. The summed E-state index contributed by atoms with van der Waals surface area (Å²) in [7, 11) is 0. The normalized spacial score (nSPS) is 8.70. The molecule has 0 aliphatic rings. The van der Waals surface area contributed by atoms with Crippen molar-refractivity contribution in [1.29, 1.82) is 0 Å². The fourth-order valence-corrected chi connectivity index (χ4v) is 0.524. The number of aromatic carboxylic acids is 1. The predicted octanol–water partition coefficient (Wildman–Crippen LogP) is 0.959. The minimum Gasteiger partial charge on any atom is -0.475 e. The van der Waals surface area contributed by atoms with Crippen LogP contribution in [-0.4, -0.2) is 11.1 Å². The molecule has 1 N–H and O–H groups in total. The lowest BCUT2D eigenvalue weighted by Gasteiger charge is -1.79. The number of hydrogen-bond acceptors (Lipinski definition) is 2. The van der Waals surface area contributed by atoms with Gasteiger partial charge in [0.1, 0.15) is 6.26 Å². The van der Waals surface area contributed by atoms with Crippen LogP contribution in [0.1, 0.15) is 16.1 Å². The van der Waals surface area contributed by atoms with Crippen LogP contribution >= 0.6 is 0 Å². The van der Waals surface area contributed by atoms with Gasteiger partial charge in [-0.25, -0.2) is 4.79 Å². The SMILES string of the molecule is C#Cc1coc(C(=O)O)c1. The highest BCUT2D eigenvalue weighted by atomic mass is 16.4. The molecule has 1 heterocycles. The summed E-state index contributed by atoms with van der Waals surface area (Å²) in [4.78, 5) is 10.2. The van der Waals surface area contributed by atoms with Gasteiger partial charge in [0, 0.05) is 6.07 Å². The largest absolute Gasteiger partial charge is 0.475 e. The average Bonchev–Trinajstić information content (AvgIpc) is 2.34. The highest BCUT2D eigenvalue weighted by molar-refractivity contribution is 5.84. The van der Waals surface area contributed by atoms with Crippen LogP contribution in [-0.2, 0) is 0 Å². The second kappa shape index (κ2) is 2.28. The summed E-state index contributed by atoms with van der Waals surface area (Å²) in [6.45, 7) is 0. The van der Waals surface area contributed by atoms with Gasteiger partial charge < -0.3 is 9.52 Å². The van der Waals surface area contributed by atoms with E-state index in [1.807, 2.05) is 0 Å². The number of rotatable bonds is 1. The van der Waals surface area contributed by atoms with Gasteiger partial charge >= 0.3 is 5.97 Å². The third-order valence-corrected chi connectivity index (χ3v) is 0.977. The van der Waals surface area contributed by atoms with Crippen LogP contribution in [0.3, 0.4) is 0 Å².